The number of amides is 2. The number of anilines is 2. The smallest absolute Gasteiger partial charge is 0.275 e. The fourth-order valence-electron chi connectivity index (χ4n) is 3.56. The van der Waals surface area contributed by atoms with Crippen LogP contribution in [0.15, 0.2) is 65.8 Å². The molecule has 0 aromatic heterocycles. The van der Waals surface area contributed by atoms with Crippen LogP contribution in [0.5, 0.6) is 11.5 Å². The second-order valence-electron chi connectivity index (χ2n) is 7.40. The van der Waals surface area contributed by atoms with E-state index in [9.17, 15) is 19.8 Å². The molecule has 7 nitrogen and oxygen atoms in total. The summed E-state index contributed by atoms with van der Waals surface area (Å²) in [6.45, 7) is 4.02. The summed E-state index contributed by atoms with van der Waals surface area (Å²) in [7, 11) is 0. The predicted octanol–water partition coefficient (Wildman–Crippen LogP) is 3.89. The zero-order valence-electron chi connectivity index (χ0n) is 17.0. The molecule has 0 aliphatic carbocycles. The Morgan fingerprint density at radius 3 is 2.55 bits per heavy atom. The van der Waals surface area contributed by atoms with Crippen molar-refractivity contribution in [3.63, 3.8) is 0 Å². The predicted molar refractivity (Wildman–Crippen MR) is 118 cm³/mol. The van der Waals surface area contributed by atoms with Gasteiger partial charge in [-0.3, -0.25) is 14.5 Å². The summed E-state index contributed by atoms with van der Waals surface area (Å²) in [5.41, 5.74) is 6.85. The highest BCUT2D eigenvalue weighted by molar-refractivity contribution is 6.17. The van der Waals surface area contributed by atoms with Crippen molar-refractivity contribution in [3.05, 3.63) is 82.9 Å². The maximum atomic E-state index is 13.3. The van der Waals surface area contributed by atoms with Crippen molar-refractivity contribution in [2.24, 2.45) is 5.10 Å². The topological polar surface area (TPSA) is 102 Å². The Morgan fingerprint density at radius 2 is 1.81 bits per heavy atom. The molecule has 4 rings (SSSR count). The number of carbonyl (C=O) groups is 2. The Balaban J connectivity index is 1.59. The van der Waals surface area contributed by atoms with Gasteiger partial charge in [-0.15, -0.1) is 0 Å². The van der Waals surface area contributed by atoms with E-state index in [-0.39, 0.29) is 23.0 Å². The molecule has 0 radical (unpaired) electrons. The Labute approximate surface area is 179 Å². The summed E-state index contributed by atoms with van der Waals surface area (Å²) in [6, 6.07) is 17.0. The SMILES string of the molecule is Cc1ccc(N2C(=O)C(C=NNC(=O)c3ccc(O)cc3O)c3ccccc32)cc1C. The van der Waals surface area contributed by atoms with Crippen LogP contribution in [0.3, 0.4) is 0 Å². The zero-order valence-corrected chi connectivity index (χ0v) is 17.0. The molecule has 1 heterocycles. The standard InChI is InChI=1S/C24H21N3O4/c1-14-7-8-16(11-15(14)2)27-21-6-4-3-5-18(21)20(24(27)31)13-25-26-23(30)19-10-9-17(28)12-22(19)29/h3-13,20,28-29H,1-2H3,(H,26,30). The fraction of sp³-hybridized carbons (Fsp3) is 0.125. The maximum Gasteiger partial charge on any atom is 0.275 e. The number of phenols is 2. The summed E-state index contributed by atoms with van der Waals surface area (Å²) < 4.78 is 0. The number of phenolic OH excluding ortho intramolecular Hbond substituents is 2. The lowest BCUT2D eigenvalue weighted by molar-refractivity contribution is -0.117. The molecule has 3 aromatic rings. The molecule has 0 saturated carbocycles. The number of nitrogens with zero attached hydrogens (tertiary/aromatic N) is 2. The van der Waals surface area contributed by atoms with E-state index in [4.69, 9.17) is 0 Å². The Kier molecular flexibility index (Phi) is 5.17. The number of nitrogens with one attached hydrogen (secondary N) is 1. The first kappa shape index (κ1) is 20.2. The van der Waals surface area contributed by atoms with Crippen molar-refractivity contribution < 1.29 is 19.8 Å². The summed E-state index contributed by atoms with van der Waals surface area (Å²) >= 11 is 0. The molecule has 1 unspecified atom stereocenters. The molecule has 1 aliphatic rings. The molecule has 1 aliphatic heterocycles. The van der Waals surface area contributed by atoms with Gasteiger partial charge in [0.2, 0.25) is 5.91 Å². The van der Waals surface area contributed by atoms with Crippen molar-refractivity contribution in [1.29, 1.82) is 0 Å². The van der Waals surface area contributed by atoms with Gasteiger partial charge >= 0.3 is 0 Å². The van der Waals surface area contributed by atoms with Gasteiger partial charge in [-0.2, -0.15) is 5.10 Å². The summed E-state index contributed by atoms with van der Waals surface area (Å²) in [4.78, 5) is 27.2. The van der Waals surface area contributed by atoms with Crippen LogP contribution in [-0.2, 0) is 4.79 Å². The first-order valence-electron chi connectivity index (χ1n) is 9.72. The Hall–Kier alpha value is -4.13. The monoisotopic (exact) mass is 415 g/mol. The average Bonchev–Trinajstić information content (AvgIpc) is 3.01. The van der Waals surface area contributed by atoms with Crippen molar-refractivity contribution in [2.45, 2.75) is 19.8 Å². The third-order valence-corrected chi connectivity index (χ3v) is 5.36. The lowest BCUT2D eigenvalue weighted by atomic mass is 10.0. The number of aromatic hydroxyl groups is 2. The minimum atomic E-state index is -0.661. The van der Waals surface area contributed by atoms with Gasteiger partial charge in [0, 0.05) is 18.0 Å². The van der Waals surface area contributed by atoms with E-state index in [0.29, 0.717) is 0 Å². The van der Waals surface area contributed by atoms with Gasteiger partial charge < -0.3 is 10.2 Å². The number of para-hydroxylation sites is 1. The number of carbonyl (C=O) groups excluding carboxylic acids is 2. The molecule has 0 spiro atoms. The maximum absolute atomic E-state index is 13.3. The number of rotatable bonds is 4. The van der Waals surface area contributed by atoms with Gasteiger partial charge in [0.15, 0.2) is 0 Å². The highest BCUT2D eigenvalue weighted by Crippen LogP contribution is 2.41. The van der Waals surface area contributed by atoms with E-state index in [1.54, 1.807) is 4.90 Å². The lowest BCUT2D eigenvalue weighted by Gasteiger charge is -2.19. The summed E-state index contributed by atoms with van der Waals surface area (Å²) in [5.74, 6) is -2.01. The van der Waals surface area contributed by atoms with E-state index in [1.165, 1.54) is 18.3 Å². The molecule has 156 valence electrons. The van der Waals surface area contributed by atoms with E-state index in [2.05, 4.69) is 10.5 Å². The Morgan fingerprint density at radius 1 is 1.03 bits per heavy atom. The van der Waals surface area contributed by atoms with Gasteiger partial charge in [0.25, 0.3) is 5.91 Å². The first-order chi connectivity index (χ1) is 14.9. The number of hydrogen-bond donors (Lipinski definition) is 3. The number of hydrazone groups is 1. The zero-order chi connectivity index (χ0) is 22.1. The number of fused-ring (bicyclic) bond motifs is 1. The van der Waals surface area contributed by atoms with E-state index in [1.807, 2.05) is 56.3 Å². The van der Waals surface area contributed by atoms with Crippen LogP contribution in [0, 0.1) is 13.8 Å². The van der Waals surface area contributed by atoms with Crippen LogP contribution >= 0.6 is 0 Å². The van der Waals surface area contributed by atoms with E-state index < -0.39 is 11.8 Å². The molecule has 3 N–H and O–H groups in total. The van der Waals surface area contributed by atoms with Gasteiger partial charge in [-0.05, 0) is 60.9 Å². The number of hydrogen-bond acceptors (Lipinski definition) is 5. The molecule has 2 amide bonds. The van der Waals surface area contributed by atoms with Crippen LogP contribution < -0.4 is 10.3 Å². The van der Waals surface area contributed by atoms with E-state index in [0.717, 1.165) is 34.1 Å². The largest absolute Gasteiger partial charge is 0.508 e. The molecule has 3 aromatic carbocycles. The third kappa shape index (κ3) is 3.73. The minimum Gasteiger partial charge on any atom is -0.508 e. The van der Waals surface area contributed by atoms with Crippen LogP contribution in [-0.4, -0.2) is 28.2 Å². The molecular formula is C24H21N3O4. The van der Waals surface area contributed by atoms with Crippen molar-refractivity contribution >= 4 is 29.4 Å². The van der Waals surface area contributed by atoms with Crippen LogP contribution in [0.1, 0.15) is 33.0 Å². The average molecular weight is 415 g/mol. The van der Waals surface area contributed by atoms with Crippen molar-refractivity contribution in [3.8, 4) is 11.5 Å². The second-order valence-corrected chi connectivity index (χ2v) is 7.40. The highest BCUT2D eigenvalue weighted by atomic mass is 16.3. The first-order valence-corrected chi connectivity index (χ1v) is 9.72. The number of aryl methyl sites for hydroxylation is 2. The van der Waals surface area contributed by atoms with Crippen LogP contribution in [0.25, 0.3) is 0 Å². The molecule has 7 heteroatoms. The van der Waals surface area contributed by atoms with Crippen molar-refractivity contribution in [1.82, 2.24) is 5.43 Å². The Bertz CT molecular complexity index is 1220. The second kappa shape index (κ2) is 7.95. The van der Waals surface area contributed by atoms with Crippen LogP contribution in [0.2, 0.25) is 0 Å². The van der Waals surface area contributed by atoms with Gasteiger partial charge in [0.1, 0.15) is 17.4 Å². The normalized spacial score (nSPS) is 15.4. The molecule has 1 atom stereocenters. The lowest BCUT2D eigenvalue weighted by Crippen LogP contribution is -2.25. The van der Waals surface area contributed by atoms with E-state index >= 15 is 0 Å². The molecule has 31 heavy (non-hydrogen) atoms. The van der Waals surface area contributed by atoms with Crippen molar-refractivity contribution in [2.75, 3.05) is 4.90 Å². The summed E-state index contributed by atoms with van der Waals surface area (Å²) in [6.07, 6.45) is 1.39. The fourth-order valence-corrected chi connectivity index (χ4v) is 3.56. The molecular weight excluding hydrogens is 394 g/mol. The highest BCUT2D eigenvalue weighted by Gasteiger charge is 2.37. The number of benzene rings is 3. The van der Waals surface area contributed by atoms with Gasteiger partial charge in [-0.25, -0.2) is 5.43 Å². The van der Waals surface area contributed by atoms with Gasteiger partial charge in [0.05, 0.1) is 11.3 Å². The quantitative estimate of drug-likeness (QED) is 0.444. The van der Waals surface area contributed by atoms with Crippen LogP contribution in [0.4, 0.5) is 11.4 Å². The molecule has 0 bridgehead atoms. The third-order valence-electron chi connectivity index (χ3n) is 5.36. The summed E-state index contributed by atoms with van der Waals surface area (Å²) in [5, 5.41) is 23.1. The molecule has 0 saturated heterocycles. The minimum absolute atomic E-state index is 0.0372. The van der Waals surface area contributed by atoms with Gasteiger partial charge in [-0.1, -0.05) is 24.3 Å². The molecule has 0 fully saturated rings.